The van der Waals surface area contributed by atoms with Crippen LogP contribution in [-0.2, 0) is 22.2 Å². The molecule has 1 unspecified atom stereocenters. The van der Waals surface area contributed by atoms with Crippen LogP contribution in [0.3, 0.4) is 0 Å². The highest BCUT2D eigenvalue weighted by Crippen LogP contribution is 2.06. The fourth-order valence-electron chi connectivity index (χ4n) is 1.69. The molecule has 2 aromatic heterocycles. The summed E-state index contributed by atoms with van der Waals surface area (Å²) in [5.74, 6) is 0.918. The SMILES string of the molecule is Cc1nc(CS(=O)(=O)NC(C)Cc2ccco2)no1. The minimum Gasteiger partial charge on any atom is -0.469 e. The molecule has 0 amide bonds. The lowest BCUT2D eigenvalue weighted by Crippen LogP contribution is -2.35. The first-order valence-electron chi connectivity index (χ1n) is 5.76. The Morgan fingerprint density at radius 3 is 2.84 bits per heavy atom. The molecular formula is C11H15N3O4S. The molecule has 8 heteroatoms. The lowest BCUT2D eigenvalue weighted by atomic mass is 10.2. The van der Waals surface area contributed by atoms with Crippen molar-refractivity contribution in [2.45, 2.75) is 32.1 Å². The van der Waals surface area contributed by atoms with Gasteiger partial charge in [-0.2, -0.15) is 4.98 Å². The molecule has 7 nitrogen and oxygen atoms in total. The summed E-state index contributed by atoms with van der Waals surface area (Å²) in [6, 6.07) is 3.29. The van der Waals surface area contributed by atoms with E-state index in [2.05, 4.69) is 14.9 Å². The van der Waals surface area contributed by atoms with Gasteiger partial charge in [0.15, 0.2) is 5.82 Å². The first kappa shape index (κ1) is 13.8. The molecule has 2 aromatic rings. The van der Waals surface area contributed by atoms with Gasteiger partial charge in [0.1, 0.15) is 11.5 Å². The monoisotopic (exact) mass is 285 g/mol. The summed E-state index contributed by atoms with van der Waals surface area (Å²) in [4.78, 5) is 3.86. The molecule has 0 saturated carbocycles. The fourth-order valence-corrected chi connectivity index (χ4v) is 2.93. The first-order chi connectivity index (χ1) is 8.94. The second-order valence-electron chi connectivity index (χ2n) is 4.29. The van der Waals surface area contributed by atoms with E-state index in [0.717, 1.165) is 5.76 Å². The third kappa shape index (κ3) is 4.18. The van der Waals surface area contributed by atoms with Gasteiger partial charge in [0.25, 0.3) is 0 Å². The molecule has 0 bridgehead atoms. The highest BCUT2D eigenvalue weighted by Gasteiger charge is 2.19. The summed E-state index contributed by atoms with van der Waals surface area (Å²) in [5, 5.41) is 3.56. The fraction of sp³-hybridized carbons (Fsp3) is 0.455. The summed E-state index contributed by atoms with van der Waals surface area (Å²) < 4.78 is 36.2. The highest BCUT2D eigenvalue weighted by molar-refractivity contribution is 7.88. The quantitative estimate of drug-likeness (QED) is 0.851. The molecule has 104 valence electrons. The van der Waals surface area contributed by atoms with Crippen molar-refractivity contribution < 1.29 is 17.4 Å². The maximum Gasteiger partial charge on any atom is 0.223 e. The van der Waals surface area contributed by atoms with Crippen LogP contribution in [0.2, 0.25) is 0 Å². The Bertz CT molecular complexity index is 618. The molecule has 2 heterocycles. The number of rotatable bonds is 6. The van der Waals surface area contributed by atoms with Gasteiger partial charge in [0.05, 0.1) is 6.26 Å². The molecule has 1 atom stereocenters. The van der Waals surface area contributed by atoms with Gasteiger partial charge in [0, 0.05) is 19.4 Å². The number of aryl methyl sites for hydroxylation is 1. The van der Waals surface area contributed by atoms with Crippen molar-refractivity contribution in [2.75, 3.05) is 0 Å². The van der Waals surface area contributed by atoms with E-state index in [1.807, 2.05) is 0 Å². The Hall–Kier alpha value is -1.67. The van der Waals surface area contributed by atoms with Crippen LogP contribution in [0.25, 0.3) is 0 Å². The minimum atomic E-state index is -3.50. The van der Waals surface area contributed by atoms with Crippen LogP contribution in [0.1, 0.15) is 24.4 Å². The van der Waals surface area contributed by atoms with Crippen molar-refractivity contribution in [3.63, 3.8) is 0 Å². The third-order valence-corrected chi connectivity index (χ3v) is 3.76. The lowest BCUT2D eigenvalue weighted by Gasteiger charge is -2.11. The molecule has 0 saturated heterocycles. The zero-order chi connectivity index (χ0) is 13.9. The molecule has 2 rings (SSSR count). The first-order valence-corrected chi connectivity index (χ1v) is 7.41. The second-order valence-corrected chi connectivity index (χ2v) is 6.04. The molecule has 0 fully saturated rings. The summed E-state index contributed by atoms with van der Waals surface area (Å²) >= 11 is 0. The Labute approximate surface area is 111 Å². The van der Waals surface area contributed by atoms with E-state index < -0.39 is 10.0 Å². The van der Waals surface area contributed by atoms with Gasteiger partial charge in [-0.25, -0.2) is 13.1 Å². The Morgan fingerprint density at radius 2 is 2.26 bits per heavy atom. The zero-order valence-electron chi connectivity index (χ0n) is 10.7. The Balaban J connectivity index is 1.93. The van der Waals surface area contributed by atoms with Crippen LogP contribution in [0.5, 0.6) is 0 Å². The van der Waals surface area contributed by atoms with Gasteiger partial charge in [-0.1, -0.05) is 5.16 Å². The molecular weight excluding hydrogens is 270 g/mol. The highest BCUT2D eigenvalue weighted by atomic mass is 32.2. The van der Waals surface area contributed by atoms with Crippen LogP contribution < -0.4 is 4.72 Å². The predicted molar refractivity (Wildman–Crippen MR) is 66.7 cm³/mol. The van der Waals surface area contributed by atoms with Crippen LogP contribution >= 0.6 is 0 Å². The third-order valence-electron chi connectivity index (χ3n) is 2.36. The van der Waals surface area contributed by atoms with Crippen molar-refractivity contribution in [3.8, 4) is 0 Å². The van der Waals surface area contributed by atoms with Crippen molar-refractivity contribution in [2.24, 2.45) is 0 Å². The Kier molecular flexibility index (Phi) is 4.01. The van der Waals surface area contributed by atoms with E-state index >= 15 is 0 Å². The lowest BCUT2D eigenvalue weighted by molar-refractivity contribution is 0.388. The van der Waals surface area contributed by atoms with Gasteiger partial charge >= 0.3 is 0 Å². The number of sulfonamides is 1. The number of furan rings is 1. The number of hydrogen-bond acceptors (Lipinski definition) is 6. The standard InChI is InChI=1S/C11H15N3O4S/c1-8(6-10-4-3-5-17-10)14-19(15,16)7-11-12-9(2)18-13-11/h3-5,8,14H,6-7H2,1-2H3. The minimum absolute atomic E-state index is 0.148. The van der Waals surface area contributed by atoms with Crippen molar-refractivity contribution in [1.29, 1.82) is 0 Å². The molecule has 1 N–H and O–H groups in total. The van der Waals surface area contributed by atoms with E-state index in [4.69, 9.17) is 8.94 Å². The molecule has 0 aliphatic heterocycles. The predicted octanol–water partition coefficient (Wildman–Crippen LogP) is 1.02. The number of nitrogens with one attached hydrogen (secondary N) is 1. The average Bonchev–Trinajstić information content (AvgIpc) is 2.88. The van der Waals surface area contributed by atoms with Gasteiger partial charge in [-0.05, 0) is 19.1 Å². The van der Waals surface area contributed by atoms with Crippen LogP contribution in [0.4, 0.5) is 0 Å². The summed E-state index contributed by atoms with van der Waals surface area (Å²) in [6.45, 7) is 3.37. The molecule has 0 aromatic carbocycles. The van der Waals surface area contributed by atoms with E-state index in [9.17, 15) is 8.42 Å². The van der Waals surface area contributed by atoms with E-state index in [-0.39, 0.29) is 17.6 Å². The largest absolute Gasteiger partial charge is 0.469 e. The van der Waals surface area contributed by atoms with Crippen LogP contribution in [0.15, 0.2) is 27.3 Å². The maximum atomic E-state index is 11.9. The molecule has 0 aliphatic carbocycles. The van der Waals surface area contributed by atoms with Crippen molar-refractivity contribution in [3.05, 3.63) is 35.9 Å². The summed E-state index contributed by atoms with van der Waals surface area (Å²) in [5.41, 5.74) is 0. The van der Waals surface area contributed by atoms with E-state index in [1.165, 1.54) is 0 Å². The van der Waals surface area contributed by atoms with Crippen LogP contribution in [0, 0.1) is 6.92 Å². The number of nitrogens with zero attached hydrogens (tertiary/aromatic N) is 2. The van der Waals surface area contributed by atoms with E-state index in [1.54, 1.807) is 32.2 Å². The summed E-state index contributed by atoms with van der Waals surface area (Å²) in [6.07, 6.45) is 2.04. The molecule has 0 aliphatic rings. The summed E-state index contributed by atoms with van der Waals surface area (Å²) in [7, 11) is -3.50. The Morgan fingerprint density at radius 1 is 1.47 bits per heavy atom. The second kappa shape index (κ2) is 5.54. The smallest absolute Gasteiger partial charge is 0.223 e. The van der Waals surface area contributed by atoms with Gasteiger partial charge in [-0.3, -0.25) is 0 Å². The zero-order valence-corrected chi connectivity index (χ0v) is 11.5. The topological polar surface area (TPSA) is 98.2 Å². The normalized spacial score (nSPS) is 13.6. The average molecular weight is 285 g/mol. The number of aromatic nitrogens is 2. The molecule has 0 spiro atoms. The van der Waals surface area contributed by atoms with Crippen LogP contribution in [-0.4, -0.2) is 24.6 Å². The van der Waals surface area contributed by atoms with Gasteiger partial charge in [-0.15, -0.1) is 0 Å². The van der Waals surface area contributed by atoms with Crippen molar-refractivity contribution >= 4 is 10.0 Å². The van der Waals surface area contributed by atoms with Gasteiger partial charge < -0.3 is 8.94 Å². The van der Waals surface area contributed by atoms with E-state index in [0.29, 0.717) is 12.3 Å². The molecule has 0 radical (unpaired) electrons. The van der Waals surface area contributed by atoms with Crippen molar-refractivity contribution in [1.82, 2.24) is 14.9 Å². The van der Waals surface area contributed by atoms with Gasteiger partial charge in [0.2, 0.25) is 15.9 Å². The number of hydrogen-bond donors (Lipinski definition) is 1. The molecule has 19 heavy (non-hydrogen) atoms. The maximum absolute atomic E-state index is 11.9.